The van der Waals surface area contributed by atoms with Gasteiger partial charge >= 0.3 is 0 Å². The van der Waals surface area contributed by atoms with Crippen LogP contribution in [0.4, 0.5) is 0 Å². The molecule has 0 spiro atoms. The Morgan fingerprint density at radius 1 is 1.30 bits per heavy atom. The van der Waals surface area contributed by atoms with E-state index in [-0.39, 0.29) is 0 Å². The number of nitrogens with zero attached hydrogens (tertiary/aromatic N) is 2. The van der Waals surface area contributed by atoms with E-state index in [1.54, 1.807) is 0 Å². The molecule has 1 heterocycles. The van der Waals surface area contributed by atoms with Crippen LogP contribution in [-0.2, 0) is 17.7 Å². The maximum atomic E-state index is 5.35. The Balaban J connectivity index is 2.00. The molecule has 0 fully saturated rings. The second kappa shape index (κ2) is 7.90. The Labute approximate surface area is 121 Å². The van der Waals surface area contributed by atoms with Crippen molar-refractivity contribution in [3.8, 4) is 0 Å². The molecule has 1 aliphatic heterocycles. The van der Waals surface area contributed by atoms with Gasteiger partial charge in [0.05, 0.1) is 13.2 Å². The van der Waals surface area contributed by atoms with Gasteiger partial charge in [-0.05, 0) is 31.4 Å². The second-order valence-electron chi connectivity index (χ2n) is 4.87. The van der Waals surface area contributed by atoms with Gasteiger partial charge in [-0.15, -0.1) is 0 Å². The van der Waals surface area contributed by atoms with Crippen LogP contribution in [0, 0.1) is 0 Å². The highest BCUT2D eigenvalue weighted by Crippen LogP contribution is 2.18. The van der Waals surface area contributed by atoms with E-state index >= 15 is 0 Å². The van der Waals surface area contributed by atoms with Crippen LogP contribution in [0.2, 0.25) is 0 Å². The van der Waals surface area contributed by atoms with Gasteiger partial charge in [-0.1, -0.05) is 24.3 Å². The lowest BCUT2D eigenvalue weighted by Gasteiger charge is -2.31. The van der Waals surface area contributed by atoms with Crippen LogP contribution < -0.4 is 5.32 Å². The highest BCUT2D eigenvalue weighted by atomic mass is 16.5. The molecule has 0 radical (unpaired) electrons. The average molecular weight is 275 g/mol. The Morgan fingerprint density at radius 2 is 2.10 bits per heavy atom. The van der Waals surface area contributed by atoms with Crippen molar-refractivity contribution in [3.05, 3.63) is 35.4 Å². The molecule has 2 rings (SSSR count). The van der Waals surface area contributed by atoms with Gasteiger partial charge in [-0.2, -0.15) is 0 Å². The molecule has 1 aromatic carbocycles. The fourth-order valence-corrected chi connectivity index (χ4v) is 2.46. The summed E-state index contributed by atoms with van der Waals surface area (Å²) in [5, 5.41) is 3.38. The smallest absolute Gasteiger partial charge is 0.194 e. The summed E-state index contributed by atoms with van der Waals surface area (Å²) in [6.07, 6.45) is 1.09. The summed E-state index contributed by atoms with van der Waals surface area (Å²) >= 11 is 0. The fraction of sp³-hybridized carbons (Fsp3) is 0.562. The monoisotopic (exact) mass is 275 g/mol. The van der Waals surface area contributed by atoms with E-state index < -0.39 is 0 Å². The number of benzene rings is 1. The molecule has 0 saturated heterocycles. The zero-order chi connectivity index (χ0) is 14.2. The molecular formula is C16H25N3O. The van der Waals surface area contributed by atoms with Gasteiger partial charge in [0, 0.05) is 26.2 Å². The Kier molecular flexibility index (Phi) is 5.87. The molecule has 0 amide bonds. The summed E-state index contributed by atoms with van der Waals surface area (Å²) in [4.78, 5) is 6.99. The van der Waals surface area contributed by atoms with Crippen LogP contribution in [0.3, 0.4) is 0 Å². The summed E-state index contributed by atoms with van der Waals surface area (Å²) in [5.41, 5.74) is 2.88. The fourth-order valence-electron chi connectivity index (χ4n) is 2.46. The van der Waals surface area contributed by atoms with Crippen LogP contribution in [-0.4, -0.2) is 43.7 Å². The van der Waals surface area contributed by atoms with Crippen molar-refractivity contribution in [2.45, 2.75) is 26.8 Å². The first kappa shape index (κ1) is 14.9. The van der Waals surface area contributed by atoms with Gasteiger partial charge < -0.3 is 15.0 Å². The average Bonchev–Trinajstić information content (AvgIpc) is 2.50. The number of hydrogen-bond acceptors (Lipinski definition) is 2. The minimum atomic E-state index is 0.690. The predicted octanol–water partition coefficient (Wildman–Crippen LogP) is 2.05. The van der Waals surface area contributed by atoms with Gasteiger partial charge in [0.15, 0.2) is 5.96 Å². The van der Waals surface area contributed by atoms with Crippen molar-refractivity contribution in [3.63, 3.8) is 0 Å². The van der Waals surface area contributed by atoms with Gasteiger partial charge in [0.1, 0.15) is 0 Å². The summed E-state index contributed by atoms with van der Waals surface area (Å²) < 4.78 is 5.35. The van der Waals surface area contributed by atoms with Crippen LogP contribution in [0.25, 0.3) is 0 Å². The van der Waals surface area contributed by atoms with Crippen LogP contribution in [0.1, 0.15) is 25.0 Å². The lowest BCUT2D eigenvalue weighted by atomic mass is 10.0. The lowest BCUT2D eigenvalue weighted by molar-refractivity contribution is 0.155. The quantitative estimate of drug-likeness (QED) is 0.507. The van der Waals surface area contributed by atoms with E-state index in [9.17, 15) is 0 Å². The second-order valence-corrected chi connectivity index (χ2v) is 4.87. The number of aliphatic imine (C=N–C) groups is 1. The van der Waals surface area contributed by atoms with Gasteiger partial charge in [0.25, 0.3) is 0 Å². The number of ether oxygens (including phenoxy) is 1. The van der Waals surface area contributed by atoms with Crippen molar-refractivity contribution < 1.29 is 4.74 Å². The molecule has 1 N–H and O–H groups in total. The molecule has 4 heteroatoms. The van der Waals surface area contributed by atoms with E-state index in [2.05, 4.69) is 46.4 Å². The molecule has 1 aliphatic rings. The predicted molar refractivity (Wildman–Crippen MR) is 83.0 cm³/mol. The molecule has 4 nitrogen and oxygen atoms in total. The van der Waals surface area contributed by atoms with Crippen molar-refractivity contribution in [2.24, 2.45) is 4.99 Å². The molecule has 0 unspecified atom stereocenters. The molecular weight excluding hydrogens is 250 g/mol. The number of hydrogen-bond donors (Lipinski definition) is 1. The third kappa shape index (κ3) is 3.97. The zero-order valence-corrected chi connectivity index (χ0v) is 12.6. The highest BCUT2D eigenvalue weighted by Gasteiger charge is 2.18. The standard InChI is InChI=1S/C16H25N3O/c1-3-17-16(18-10-12-20-4-2)19-11-9-14-7-5-6-8-15(14)13-19/h5-8H,3-4,9-13H2,1-2H3,(H,17,18). The van der Waals surface area contributed by atoms with Gasteiger partial charge in [0.2, 0.25) is 0 Å². The van der Waals surface area contributed by atoms with Crippen LogP contribution in [0.15, 0.2) is 29.3 Å². The summed E-state index contributed by atoms with van der Waals surface area (Å²) in [7, 11) is 0. The van der Waals surface area contributed by atoms with Crippen molar-refractivity contribution in [2.75, 3.05) is 32.8 Å². The lowest BCUT2D eigenvalue weighted by Crippen LogP contribution is -2.44. The van der Waals surface area contributed by atoms with Crippen molar-refractivity contribution in [1.29, 1.82) is 0 Å². The molecule has 1 aromatic rings. The van der Waals surface area contributed by atoms with Gasteiger partial charge in [-0.25, -0.2) is 0 Å². The minimum absolute atomic E-state index is 0.690. The summed E-state index contributed by atoms with van der Waals surface area (Å²) in [5.74, 6) is 1.00. The SMILES string of the molecule is CCNC(=NCCOCC)N1CCc2ccccc2C1. The first-order valence-electron chi connectivity index (χ1n) is 7.53. The van der Waals surface area contributed by atoms with Crippen molar-refractivity contribution >= 4 is 5.96 Å². The van der Waals surface area contributed by atoms with Crippen LogP contribution >= 0.6 is 0 Å². The van der Waals surface area contributed by atoms with E-state index in [0.29, 0.717) is 13.2 Å². The zero-order valence-electron chi connectivity index (χ0n) is 12.6. The Hall–Kier alpha value is -1.55. The number of nitrogens with one attached hydrogen (secondary N) is 1. The molecule has 0 saturated carbocycles. The Bertz CT molecular complexity index is 445. The van der Waals surface area contributed by atoms with Crippen LogP contribution in [0.5, 0.6) is 0 Å². The molecule has 0 aromatic heterocycles. The third-order valence-corrected chi connectivity index (χ3v) is 3.47. The summed E-state index contributed by atoms with van der Waals surface area (Å²) in [6, 6.07) is 8.68. The highest BCUT2D eigenvalue weighted by molar-refractivity contribution is 5.80. The Morgan fingerprint density at radius 3 is 2.85 bits per heavy atom. The molecule has 0 bridgehead atoms. The van der Waals surface area contributed by atoms with E-state index in [0.717, 1.165) is 38.6 Å². The first-order chi connectivity index (χ1) is 9.85. The largest absolute Gasteiger partial charge is 0.380 e. The number of rotatable bonds is 5. The minimum Gasteiger partial charge on any atom is -0.380 e. The topological polar surface area (TPSA) is 36.9 Å². The third-order valence-electron chi connectivity index (χ3n) is 3.47. The number of fused-ring (bicyclic) bond motifs is 1. The number of guanidine groups is 1. The van der Waals surface area contributed by atoms with Crippen molar-refractivity contribution in [1.82, 2.24) is 10.2 Å². The van der Waals surface area contributed by atoms with E-state index in [1.165, 1.54) is 11.1 Å². The molecule has 20 heavy (non-hydrogen) atoms. The molecule has 0 atom stereocenters. The van der Waals surface area contributed by atoms with E-state index in [4.69, 9.17) is 4.74 Å². The van der Waals surface area contributed by atoms with Gasteiger partial charge in [-0.3, -0.25) is 4.99 Å². The maximum Gasteiger partial charge on any atom is 0.194 e. The molecule has 0 aliphatic carbocycles. The first-order valence-corrected chi connectivity index (χ1v) is 7.53. The maximum absolute atomic E-state index is 5.35. The van der Waals surface area contributed by atoms with E-state index in [1.807, 2.05) is 6.92 Å². The summed E-state index contributed by atoms with van der Waals surface area (Å²) in [6.45, 7) is 9.14. The normalized spacial score (nSPS) is 15.1. The molecule has 110 valence electrons.